The van der Waals surface area contributed by atoms with Crippen LogP contribution in [0.1, 0.15) is 17.0 Å². The highest BCUT2D eigenvalue weighted by Crippen LogP contribution is 2.17. The number of hydrogen-bond acceptors (Lipinski definition) is 3. The quantitative estimate of drug-likeness (QED) is 0.758. The molecule has 1 amide bonds. The lowest BCUT2D eigenvalue weighted by Crippen LogP contribution is -2.27. The lowest BCUT2D eigenvalue weighted by Gasteiger charge is -2.15. The molecule has 0 heterocycles. The topological polar surface area (TPSA) is 75.4 Å². The van der Waals surface area contributed by atoms with E-state index in [2.05, 4.69) is 5.32 Å². The molecule has 2 aromatic rings. The molecular formula is C17H20N2O2. The molecular weight excluding hydrogens is 264 g/mol. The zero-order valence-corrected chi connectivity index (χ0v) is 11.8. The Labute approximate surface area is 124 Å². The highest BCUT2D eigenvalue weighted by atomic mass is 16.2. The normalized spacial score (nSPS) is 11.9. The maximum absolute atomic E-state index is 12.3. The van der Waals surface area contributed by atoms with Crippen LogP contribution in [-0.2, 0) is 11.2 Å². The fraction of sp³-hybridized carbons (Fsp3) is 0.235. The average Bonchev–Trinajstić information content (AvgIpc) is 2.51. The number of benzene rings is 2. The van der Waals surface area contributed by atoms with Crippen molar-refractivity contribution in [1.29, 1.82) is 0 Å². The Hall–Kier alpha value is -2.17. The molecule has 0 aliphatic carbocycles. The molecule has 4 heteroatoms. The van der Waals surface area contributed by atoms with Crippen LogP contribution in [0.3, 0.4) is 0 Å². The standard InChI is InChI=1S/C17H20N2O2/c18-12-16(14-4-2-1-3-5-14)17(21)19-15-8-6-13(7-9-15)10-11-20/h1-9,16,20H,10-12,18H2,(H,19,21). The van der Waals surface area contributed by atoms with Crippen LogP contribution < -0.4 is 11.1 Å². The van der Waals surface area contributed by atoms with Crippen molar-refractivity contribution in [3.63, 3.8) is 0 Å². The number of nitrogens with one attached hydrogen (secondary N) is 1. The molecule has 0 saturated carbocycles. The Morgan fingerprint density at radius 1 is 1.10 bits per heavy atom. The number of nitrogens with two attached hydrogens (primary N) is 1. The van der Waals surface area contributed by atoms with Crippen LogP contribution in [0.5, 0.6) is 0 Å². The monoisotopic (exact) mass is 284 g/mol. The van der Waals surface area contributed by atoms with Gasteiger partial charge in [0, 0.05) is 18.8 Å². The van der Waals surface area contributed by atoms with Crippen LogP contribution in [0.4, 0.5) is 5.69 Å². The SMILES string of the molecule is NCC(C(=O)Nc1ccc(CCO)cc1)c1ccccc1. The molecule has 4 N–H and O–H groups in total. The van der Waals surface area contributed by atoms with Gasteiger partial charge in [0.05, 0.1) is 5.92 Å². The number of hydrogen-bond donors (Lipinski definition) is 3. The van der Waals surface area contributed by atoms with Crippen molar-refractivity contribution in [2.45, 2.75) is 12.3 Å². The Kier molecular flexibility index (Phi) is 5.49. The summed E-state index contributed by atoms with van der Waals surface area (Å²) in [6.45, 7) is 0.382. The second kappa shape index (κ2) is 7.57. The minimum atomic E-state index is -0.358. The predicted octanol–water partition coefficient (Wildman–Crippen LogP) is 1.90. The fourth-order valence-corrected chi connectivity index (χ4v) is 2.19. The van der Waals surface area contributed by atoms with E-state index in [4.69, 9.17) is 10.8 Å². The van der Waals surface area contributed by atoms with Gasteiger partial charge in [0.1, 0.15) is 0 Å². The Morgan fingerprint density at radius 3 is 2.33 bits per heavy atom. The third kappa shape index (κ3) is 4.15. The summed E-state index contributed by atoms with van der Waals surface area (Å²) >= 11 is 0. The van der Waals surface area contributed by atoms with Crippen LogP contribution >= 0.6 is 0 Å². The number of amides is 1. The van der Waals surface area contributed by atoms with Gasteiger partial charge in [0.25, 0.3) is 0 Å². The number of aliphatic hydroxyl groups is 1. The van der Waals surface area contributed by atoms with E-state index in [0.717, 1.165) is 16.8 Å². The third-order valence-corrected chi connectivity index (χ3v) is 3.38. The van der Waals surface area contributed by atoms with Crippen LogP contribution in [0.2, 0.25) is 0 Å². The molecule has 2 aromatic carbocycles. The van der Waals surface area contributed by atoms with E-state index >= 15 is 0 Å². The van der Waals surface area contributed by atoms with Crippen LogP contribution in [0.15, 0.2) is 54.6 Å². The first-order valence-corrected chi connectivity index (χ1v) is 7.00. The lowest BCUT2D eigenvalue weighted by molar-refractivity contribution is -0.117. The van der Waals surface area contributed by atoms with E-state index in [0.29, 0.717) is 6.42 Å². The maximum Gasteiger partial charge on any atom is 0.233 e. The van der Waals surface area contributed by atoms with E-state index in [1.165, 1.54) is 0 Å². The second-order valence-electron chi connectivity index (χ2n) is 4.86. The van der Waals surface area contributed by atoms with Crippen LogP contribution in [0.25, 0.3) is 0 Å². The first kappa shape index (κ1) is 15.2. The number of aliphatic hydroxyl groups excluding tert-OH is 1. The smallest absolute Gasteiger partial charge is 0.233 e. The van der Waals surface area contributed by atoms with Gasteiger partial charge in [-0.05, 0) is 29.7 Å². The third-order valence-electron chi connectivity index (χ3n) is 3.38. The maximum atomic E-state index is 12.3. The highest BCUT2D eigenvalue weighted by Gasteiger charge is 2.18. The van der Waals surface area contributed by atoms with Crippen molar-refractivity contribution in [1.82, 2.24) is 0 Å². The summed E-state index contributed by atoms with van der Waals surface area (Å²) < 4.78 is 0. The molecule has 0 bridgehead atoms. The van der Waals surface area contributed by atoms with Gasteiger partial charge in [-0.15, -0.1) is 0 Å². The van der Waals surface area contributed by atoms with Crippen molar-refractivity contribution in [2.75, 3.05) is 18.5 Å². The van der Waals surface area contributed by atoms with E-state index < -0.39 is 0 Å². The molecule has 1 unspecified atom stereocenters. The summed E-state index contributed by atoms with van der Waals surface area (Å²) in [5.41, 5.74) is 8.41. The molecule has 4 nitrogen and oxygen atoms in total. The largest absolute Gasteiger partial charge is 0.396 e. The molecule has 0 radical (unpaired) electrons. The van der Waals surface area contributed by atoms with Crippen LogP contribution in [0, 0.1) is 0 Å². The predicted molar refractivity (Wildman–Crippen MR) is 84.1 cm³/mol. The number of carbonyl (C=O) groups is 1. The van der Waals surface area contributed by atoms with Gasteiger partial charge in [-0.1, -0.05) is 42.5 Å². The van der Waals surface area contributed by atoms with Gasteiger partial charge < -0.3 is 16.2 Å². The first-order valence-electron chi connectivity index (χ1n) is 7.00. The van der Waals surface area contributed by atoms with Crippen molar-refractivity contribution in [3.05, 3.63) is 65.7 Å². The van der Waals surface area contributed by atoms with Gasteiger partial charge in [-0.3, -0.25) is 4.79 Å². The molecule has 0 aromatic heterocycles. The second-order valence-corrected chi connectivity index (χ2v) is 4.86. The number of rotatable bonds is 6. The minimum Gasteiger partial charge on any atom is -0.396 e. The molecule has 2 rings (SSSR count). The van der Waals surface area contributed by atoms with Crippen molar-refractivity contribution in [2.24, 2.45) is 5.73 Å². The molecule has 0 aliphatic rings. The molecule has 0 fully saturated rings. The summed E-state index contributed by atoms with van der Waals surface area (Å²) in [5, 5.41) is 11.8. The summed E-state index contributed by atoms with van der Waals surface area (Å²) in [6, 6.07) is 17.0. The van der Waals surface area contributed by atoms with Crippen molar-refractivity contribution in [3.8, 4) is 0 Å². The summed E-state index contributed by atoms with van der Waals surface area (Å²) in [4.78, 5) is 12.3. The number of carbonyl (C=O) groups excluding carboxylic acids is 1. The number of anilines is 1. The van der Waals surface area contributed by atoms with E-state index in [9.17, 15) is 4.79 Å². The van der Waals surface area contributed by atoms with Gasteiger partial charge in [-0.25, -0.2) is 0 Å². The van der Waals surface area contributed by atoms with Gasteiger partial charge in [0.2, 0.25) is 5.91 Å². The van der Waals surface area contributed by atoms with Gasteiger partial charge in [-0.2, -0.15) is 0 Å². The zero-order valence-electron chi connectivity index (χ0n) is 11.8. The Balaban J connectivity index is 2.05. The highest BCUT2D eigenvalue weighted by molar-refractivity contribution is 5.96. The minimum absolute atomic E-state index is 0.112. The van der Waals surface area contributed by atoms with E-state index in [1.54, 1.807) is 0 Å². The first-order chi connectivity index (χ1) is 10.2. The van der Waals surface area contributed by atoms with E-state index in [-0.39, 0.29) is 25.0 Å². The van der Waals surface area contributed by atoms with Crippen molar-refractivity contribution >= 4 is 11.6 Å². The Morgan fingerprint density at radius 2 is 1.76 bits per heavy atom. The zero-order chi connectivity index (χ0) is 15.1. The van der Waals surface area contributed by atoms with Gasteiger partial charge >= 0.3 is 0 Å². The molecule has 0 saturated heterocycles. The van der Waals surface area contributed by atoms with Crippen LogP contribution in [-0.4, -0.2) is 24.2 Å². The van der Waals surface area contributed by atoms with E-state index in [1.807, 2.05) is 54.6 Å². The molecule has 0 spiro atoms. The summed E-state index contributed by atoms with van der Waals surface area (Å²) in [6.07, 6.45) is 0.615. The van der Waals surface area contributed by atoms with Gasteiger partial charge in [0.15, 0.2) is 0 Å². The average molecular weight is 284 g/mol. The molecule has 110 valence electrons. The fourth-order valence-electron chi connectivity index (χ4n) is 2.19. The summed E-state index contributed by atoms with van der Waals surface area (Å²) in [7, 11) is 0. The molecule has 0 aliphatic heterocycles. The van der Waals surface area contributed by atoms with Crippen molar-refractivity contribution < 1.29 is 9.90 Å². The summed E-state index contributed by atoms with van der Waals surface area (Å²) in [5.74, 6) is -0.470. The lowest BCUT2D eigenvalue weighted by atomic mass is 9.98. The molecule has 1 atom stereocenters. The molecule has 21 heavy (non-hydrogen) atoms. The Bertz CT molecular complexity index is 567.